The van der Waals surface area contributed by atoms with E-state index in [1.54, 1.807) is 20.2 Å². The van der Waals surface area contributed by atoms with Gasteiger partial charge >= 0.3 is 0 Å². The van der Waals surface area contributed by atoms with Crippen LogP contribution in [-0.2, 0) is 10.0 Å². The van der Waals surface area contributed by atoms with Gasteiger partial charge in [0.25, 0.3) is 0 Å². The van der Waals surface area contributed by atoms with Crippen LogP contribution in [0.2, 0.25) is 0 Å². The Hall–Kier alpha value is -1.63. The van der Waals surface area contributed by atoms with Crippen LogP contribution in [0.4, 0.5) is 5.69 Å². The zero-order valence-corrected chi connectivity index (χ0v) is 17.1. The maximum atomic E-state index is 12.5. The molecule has 0 radical (unpaired) electrons. The lowest BCUT2D eigenvalue weighted by atomic mass is 9.77. The highest BCUT2D eigenvalue weighted by molar-refractivity contribution is 9.10. The summed E-state index contributed by atoms with van der Waals surface area (Å²) in [5.74, 6) is 0.623. The van der Waals surface area contributed by atoms with E-state index in [-0.39, 0.29) is 12.0 Å². The summed E-state index contributed by atoms with van der Waals surface area (Å²) in [6.45, 7) is 0. The first-order valence-corrected chi connectivity index (χ1v) is 10.9. The summed E-state index contributed by atoms with van der Waals surface area (Å²) >= 11 is 3.50. The molecular weight excluding hydrogens is 412 g/mol. The van der Waals surface area contributed by atoms with Crippen molar-refractivity contribution in [1.82, 2.24) is 4.31 Å². The Kier molecular flexibility index (Phi) is 4.45. The van der Waals surface area contributed by atoms with Gasteiger partial charge in [-0.05, 0) is 53.8 Å². The lowest BCUT2D eigenvalue weighted by Crippen LogP contribution is -2.29. The highest BCUT2D eigenvalue weighted by Gasteiger charge is 2.38. The fourth-order valence-corrected chi connectivity index (χ4v) is 5.15. The minimum absolute atomic E-state index is 0.215. The summed E-state index contributed by atoms with van der Waals surface area (Å²) in [4.78, 5) is 0.351. The van der Waals surface area contributed by atoms with Crippen molar-refractivity contribution >= 4 is 31.6 Å². The van der Waals surface area contributed by atoms with Gasteiger partial charge in [0.15, 0.2) is 0 Å². The second kappa shape index (κ2) is 6.51. The predicted octanol–water partition coefficient (Wildman–Crippen LogP) is 4.53. The second-order valence-corrected chi connectivity index (χ2v) is 10.1. The SMILES string of the molecule is CN(C)S(=O)(=O)c1ccc2c(c1)C1C=CCC1C(c1ccc(Br)cc1)N2. The molecule has 0 saturated carbocycles. The molecule has 0 aromatic heterocycles. The van der Waals surface area contributed by atoms with Gasteiger partial charge in [-0.25, -0.2) is 12.7 Å². The normalized spacial score (nSPS) is 24.2. The van der Waals surface area contributed by atoms with E-state index in [4.69, 9.17) is 0 Å². The lowest BCUT2D eigenvalue weighted by Gasteiger charge is -2.37. The van der Waals surface area contributed by atoms with Crippen LogP contribution in [0, 0.1) is 5.92 Å². The summed E-state index contributed by atoms with van der Waals surface area (Å²) in [6.07, 6.45) is 5.43. The predicted molar refractivity (Wildman–Crippen MR) is 108 cm³/mol. The quantitative estimate of drug-likeness (QED) is 0.724. The van der Waals surface area contributed by atoms with Crippen LogP contribution < -0.4 is 5.32 Å². The van der Waals surface area contributed by atoms with Crippen molar-refractivity contribution in [3.8, 4) is 0 Å². The standard InChI is InChI=1S/C20H21BrN2O2S/c1-23(2)26(24,25)15-10-11-19-18(12-15)16-4-3-5-17(16)20(22-19)13-6-8-14(21)9-7-13/h3-4,6-12,16-17,20,22H,5H2,1-2H3. The van der Waals surface area contributed by atoms with Gasteiger partial charge in [0.2, 0.25) is 10.0 Å². The molecule has 1 aliphatic heterocycles. The molecule has 0 saturated heterocycles. The molecule has 4 nitrogen and oxygen atoms in total. The molecule has 2 aromatic rings. The molecule has 0 fully saturated rings. The molecule has 3 unspecified atom stereocenters. The van der Waals surface area contributed by atoms with Crippen LogP contribution >= 0.6 is 15.9 Å². The number of halogens is 1. The first-order chi connectivity index (χ1) is 12.4. The van der Waals surface area contributed by atoms with Crippen molar-refractivity contribution in [3.63, 3.8) is 0 Å². The summed E-state index contributed by atoms with van der Waals surface area (Å²) in [6, 6.07) is 14.1. The number of allylic oxidation sites excluding steroid dienone is 2. The number of benzene rings is 2. The Balaban J connectivity index is 1.77. The first-order valence-electron chi connectivity index (χ1n) is 8.63. The van der Waals surface area contributed by atoms with E-state index in [9.17, 15) is 8.42 Å². The smallest absolute Gasteiger partial charge is 0.242 e. The van der Waals surface area contributed by atoms with Gasteiger partial charge in [-0.2, -0.15) is 0 Å². The summed E-state index contributed by atoms with van der Waals surface area (Å²) in [5.41, 5.74) is 3.34. The van der Waals surface area contributed by atoms with Crippen molar-refractivity contribution in [3.05, 3.63) is 70.2 Å². The van der Waals surface area contributed by atoms with Crippen LogP contribution in [0.15, 0.2) is 64.0 Å². The third kappa shape index (κ3) is 2.90. The van der Waals surface area contributed by atoms with Gasteiger partial charge in [0.1, 0.15) is 0 Å². The molecule has 3 atom stereocenters. The van der Waals surface area contributed by atoms with E-state index < -0.39 is 10.0 Å². The number of nitrogens with zero attached hydrogens (tertiary/aromatic N) is 1. The topological polar surface area (TPSA) is 49.4 Å². The van der Waals surface area contributed by atoms with Crippen molar-refractivity contribution in [2.45, 2.75) is 23.3 Å². The minimum Gasteiger partial charge on any atom is -0.378 e. The van der Waals surface area contributed by atoms with Crippen LogP contribution in [0.3, 0.4) is 0 Å². The fourth-order valence-electron chi connectivity index (χ4n) is 3.94. The summed E-state index contributed by atoms with van der Waals surface area (Å²) < 4.78 is 27.3. The van der Waals surface area contributed by atoms with E-state index in [1.165, 1.54) is 9.87 Å². The monoisotopic (exact) mass is 432 g/mol. The molecule has 6 heteroatoms. The Bertz CT molecular complexity index is 968. The number of hydrogen-bond donors (Lipinski definition) is 1. The minimum atomic E-state index is -3.43. The van der Waals surface area contributed by atoms with Gasteiger partial charge in [-0.15, -0.1) is 0 Å². The van der Waals surface area contributed by atoms with E-state index >= 15 is 0 Å². The Labute approximate surface area is 163 Å². The van der Waals surface area contributed by atoms with Crippen LogP contribution in [0.1, 0.15) is 29.5 Å². The van der Waals surface area contributed by atoms with E-state index in [0.717, 1.165) is 22.1 Å². The molecule has 0 spiro atoms. The first kappa shape index (κ1) is 17.8. The van der Waals surface area contributed by atoms with Gasteiger partial charge in [0, 0.05) is 30.2 Å². The molecule has 2 aliphatic rings. The highest BCUT2D eigenvalue weighted by Crippen LogP contribution is 2.50. The fraction of sp³-hybridized carbons (Fsp3) is 0.300. The van der Waals surface area contributed by atoms with Gasteiger partial charge < -0.3 is 5.32 Å². The molecule has 0 amide bonds. The average Bonchev–Trinajstić information content (AvgIpc) is 3.11. The largest absolute Gasteiger partial charge is 0.378 e. The Morgan fingerprint density at radius 3 is 2.54 bits per heavy atom. The van der Waals surface area contributed by atoms with E-state index in [0.29, 0.717) is 10.8 Å². The number of rotatable bonds is 3. The molecule has 0 bridgehead atoms. The number of hydrogen-bond acceptors (Lipinski definition) is 3. The third-order valence-electron chi connectivity index (χ3n) is 5.34. The Morgan fingerprint density at radius 2 is 1.85 bits per heavy atom. The van der Waals surface area contributed by atoms with Crippen LogP contribution in [0.25, 0.3) is 0 Å². The zero-order chi connectivity index (χ0) is 18.5. The maximum Gasteiger partial charge on any atom is 0.242 e. The number of anilines is 1. The number of sulfonamides is 1. The van der Waals surface area contributed by atoms with Gasteiger partial charge in [-0.1, -0.05) is 40.2 Å². The van der Waals surface area contributed by atoms with Gasteiger partial charge in [-0.3, -0.25) is 0 Å². The number of fused-ring (bicyclic) bond motifs is 3. The Morgan fingerprint density at radius 1 is 1.12 bits per heavy atom. The van der Waals surface area contributed by atoms with E-state index in [1.807, 2.05) is 12.1 Å². The molecule has 4 rings (SSSR count). The van der Waals surface area contributed by atoms with Crippen molar-refractivity contribution < 1.29 is 8.42 Å². The number of nitrogens with one attached hydrogen (secondary N) is 1. The van der Waals surface area contributed by atoms with Crippen LogP contribution in [-0.4, -0.2) is 26.8 Å². The summed E-state index contributed by atoms with van der Waals surface area (Å²) in [5, 5.41) is 3.65. The van der Waals surface area contributed by atoms with E-state index in [2.05, 4.69) is 57.7 Å². The third-order valence-corrected chi connectivity index (χ3v) is 7.68. The van der Waals surface area contributed by atoms with Crippen molar-refractivity contribution in [2.75, 3.05) is 19.4 Å². The lowest BCUT2D eigenvalue weighted by molar-refractivity contribution is 0.425. The maximum absolute atomic E-state index is 12.5. The molecule has 2 aromatic carbocycles. The average molecular weight is 433 g/mol. The molecular formula is C20H21BrN2O2S. The molecule has 136 valence electrons. The highest BCUT2D eigenvalue weighted by atomic mass is 79.9. The molecule has 1 heterocycles. The molecule has 1 aliphatic carbocycles. The second-order valence-electron chi connectivity index (χ2n) is 7.06. The summed E-state index contributed by atoms with van der Waals surface area (Å²) in [7, 11) is -0.305. The van der Waals surface area contributed by atoms with Crippen molar-refractivity contribution in [2.24, 2.45) is 5.92 Å². The van der Waals surface area contributed by atoms with Crippen LogP contribution in [0.5, 0.6) is 0 Å². The molecule has 1 N–H and O–H groups in total. The zero-order valence-electron chi connectivity index (χ0n) is 14.7. The van der Waals surface area contributed by atoms with Crippen molar-refractivity contribution in [1.29, 1.82) is 0 Å². The molecule has 26 heavy (non-hydrogen) atoms. The van der Waals surface area contributed by atoms with Gasteiger partial charge in [0.05, 0.1) is 10.9 Å².